The highest BCUT2D eigenvalue weighted by Crippen LogP contribution is 2.36. The monoisotopic (exact) mass is 314 g/mol. The Balaban J connectivity index is 3.93. The van der Waals surface area contributed by atoms with E-state index in [2.05, 4.69) is 40.4 Å². The first-order chi connectivity index (χ1) is 9.64. The minimum atomic E-state index is -1.62. The number of rotatable bonds is 10. The van der Waals surface area contributed by atoms with Crippen molar-refractivity contribution in [2.24, 2.45) is 5.92 Å². The molecule has 0 aromatic rings. The van der Waals surface area contributed by atoms with Crippen LogP contribution in [0.15, 0.2) is 12.7 Å². The maximum absolute atomic E-state index is 11.5. The van der Waals surface area contributed by atoms with Gasteiger partial charge in [-0.05, 0) is 43.8 Å². The molecule has 0 aliphatic heterocycles. The molecule has 0 N–H and O–H groups in total. The van der Waals surface area contributed by atoms with Gasteiger partial charge in [0.2, 0.25) is 0 Å². The first kappa shape index (κ1) is 20.4. The third-order valence-corrected chi connectivity index (χ3v) is 8.84. The molecule has 0 amide bonds. The molecule has 0 aliphatic rings. The molecule has 0 aromatic carbocycles. The van der Waals surface area contributed by atoms with Gasteiger partial charge in [0.15, 0.2) is 8.32 Å². The molecule has 21 heavy (non-hydrogen) atoms. The third kappa shape index (κ3) is 8.42. The Morgan fingerprint density at radius 3 is 2.38 bits per heavy atom. The van der Waals surface area contributed by atoms with Crippen molar-refractivity contribution in [1.29, 1.82) is 0 Å². The van der Waals surface area contributed by atoms with Crippen LogP contribution in [0.25, 0.3) is 0 Å². The summed E-state index contributed by atoms with van der Waals surface area (Å²) in [5.41, 5.74) is 0. The number of carbonyl (C=O) groups excluding carboxylic acids is 1. The van der Waals surface area contributed by atoms with Gasteiger partial charge in [-0.1, -0.05) is 33.3 Å². The van der Waals surface area contributed by atoms with Gasteiger partial charge in [0.1, 0.15) is 0 Å². The van der Waals surface area contributed by atoms with Crippen LogP contribution in [0.3, 0.4) is 0 Å². The average Bonchev–Trinajstić information content (AvgIpc) is 2.35. The highest BCUT2D eigenvalue weighted by Gasteiger charge is 2.36. The fourth-order valence-electron chi connectivity index (χ4n) is 1.79. The van der Waals surface area contributed by atoms with Crippen molar-refractivity contribution in [3.05, 3.63) is 12.7 Å². The Morgan fingerprint density at radius 1 is 1.29 bits per heavy atom. The Bertz CT molecular complexity index is 318. The van der Waals surface area contributed by atoms with E-state index in [1.165, 1.54) is 0 Å². The normalized spacial score (nSPS) is 13.8. The number of hydrogen-bond acceptors (Lipinski definition) is 3. The van der Waals surface area contributed by atoms with Crippen LogP contribution in [0.4, 0.5) is 0 Å². The molecule has 0 saturated carbocycles. The van der Waals surface area contributed by atoms with Crippen LogP contribution in [0.5, 0.6) is 0 Å². The molecular weight excluding hydrogens is 280 g/mol. The van der Waals surface area contributed by atoms with Crippen molar-refractivity contribution in [1.82, 2.24) is 0 Å². The van der Waals surface area contributed by atoms with Crippen molar-refractivity contribution in [2.75, 3.05) is 13.2 Å². The SMILES string of the molecule is C=CC(CCCCO[Si](C)(C)C(C)(C)C)CC(=O)OCC. The number of ether oxygens (including phenoxy) is 1. The van der Waals surface area contributed by atoms with E-state index < -0.39 is 8.32 Å². The number of carbonyl (C=O) groups is 1. The lowest BCUT2D eigenvalue weighted by molar-refractivity contribution is -0.143. The summed E-state index contributed by atoms with van der Waals surface area (Å²) in [6.45, 7) is 18.2. The quantitative estimate of drug-likeness (QED) is 0.248. The van der Waals surface area contributed by atoms with E-state index in [0.29, 0.717) is 13.0 Å². The van der Waals surface area contributed by atoms with Crippen molar-refractivity contribution < 1.29 is 14.0 Å². The molecule has 0 fully saturated rings. The Hall–Kier alpha value is -0.613. The summed E-state index contributed by atoms with van der Waals surface area (Å²) >= 11 is 0. The molecule has 0 aliphatic carbocycles. The second-order valence-corrected chi connectivity index (χ2v) is 11.9. The zero-order chi connectivity index (χ0) is 16.5. The van der Waals surface area contributed by atoms with Crippen molar-refractivity contribution in [2.45, 2.75) is 71.5 Å². The zero-order valence-electron chi connectivity index (χ0n) is 14.8. The fraction of sp³-hybridized carbons (Fsp3) is 0.824. The molecule has 124 valence electrons. The van der Waals surface area contributed by atoms with E-state index >= 15 is 0 Å². The molecule has 0 rings (SSSR count). The van der Waals surface area contributed by atoms with E-state index in [-0.39, 0.29) is 16.9 Å². The summed E-state index contributed by atoms with van der Waals surface area (Å²) in [5, 5.41) is 0.264. The van der Waals surface area contributed by atoms with Crippen molar-refractivity contribution in [3.8, 4) is 0 Å². The molecule has 0 heterocycles. The van der Waals surface area contributed by atoms with Gasteiger partial charge in [0.05, 0.1) is 13.0 Å². The van der Waals surface area contributed by atoms with Gasteiger partial charge in [-0.3, -0.25) is 4.79 Å². The standard InChI is InChI=1S/C17H34O3Si/c1-8-15(14-16(18)19-9-2)12-10-11-13-20-21(6,7)17(3,4)5/h8,15H,1,9-14H2,2-7H3. The molecular formula is C17H34O3Si. The first-order valence-corrected chi connectivity index (χ1v) is 11.0. The minimum Gasteiger partial charge on any atom is -0.466 e. The molecule has 1 unspecified atom stereocenters. The lowest BCUT2D eigenvalue weighted by atomic mass is 9.99. The summed E-state index contributed by atoms with van der Waals surface area (Å²) in [6, 6.07) is 0. The predicted molar refractivity (Wildman–Crippen MR) is 91.9 cm³/mol. The van der Waals surface area contributed by atoms with Crippen LogP contribution < -0.4 is 0 Å². The number of unbranched alkanes of at least 4 members (excludes halogenated alkanes) is 1. The molecule has 0 saturated heterocycles. The summed E-state index contributed by atoms with van der Waals surface area (Å²) in [5.74, 6) is 0.0943. The predicted octanol–water partition coefficient (Wildman–Crippen LogP) is 4.93. The van der Waals surface area contributed by atoms with Crippen LogP contribution in [-0.2, 0) is 14.0 Å². The van der Waals surface area contributed by atoms with Crippen LogP contribution in [0, 0.1) is 5.92 Å². The van der Waals surface area contributed by atoms with E-state index in [1.54, 1.807) is 0 Å². The second-order valence-electron chi connectivity index (χ2n) is 7.11. The fourth-order valence-corrected chi connectivity index (χ4v) is 2.88. The summed E-state index contributed by atoms with van der Waals surface area (Å²) < 4.78 is 11.1. The Labute approximate surface area is 132 Å². The summed E-state index contributed by atoms with van der Waals surface area (Å²) in [4.78, 5) is 11.5. The molecule has 0 bridgehead atoms. The van der Waals surface area contributed by atoms with Gasteiger partial charge in [-0.25, -0.2) is 0 Å². The van der Waals surface area contributed by atoms with Gasteiger partial charge in [-0.15, -0.1) is 6.58 Å². The van der Waals surface area contributed by atoms with E-state index in [9.17, 15) is 4.79 Å². The van der Waals surface area contributed by atoms with Gasteiger partial charge in [-0.2, -0.15) is 0 Å². The van der Waals surface area contributed by atoms with Gasteiger partial charge in [0, 0.05) is 6.61 Å². The molecule has 1 atom stereocenters. The zero-order valence-corrected chi connectivity index (χ0v) is 15.8. The second kappa shape index (κ2) is 9.41. The van der Waals surface area contributed by atoms with E-state index in [0.717, 1.165) is 25.9 Å². The lowest BCUT2D eigenvalue weighted by Crippen LogP contribution is -2.40. The Morgan fingerprint density at radius 2 is 1.90 bits per heavy atom. The topological polar surface area (TPSA) is 35.5 Å². The minimum absolute atomic E-state index is 0.125. The number of allylic oxidation sites excluding steroid dienone is 1. The highest BCUT2D eigenvalue weighted by molar-refractivity contribution is 6.74. The van der Waals surface area contributed by atoms with Crippen LogP contribution in [0.1, 0.15) is 53.4 Å². The smallest absolute Gasteiger partial charge is 0.306 e. The largest absolute Gasteiger partial charge is 0.466 e. The molecule has 0 radical (unpaired) electrons. The van der Waals surface area contributed by atoms with Gasteiger partial charge >= 0.3 is 5.97 Å². The van der Waals surface area contributed by atoms with Crippen LogP contribution >= 0.6 is 0 Å². The summed E-state index contributed by atoms with van der Waals surface area (Å²) in [7, 11) is -1.62. The number of hydrogen-bond donors (Lipinski definition) is 0. The number of esters is 1. The van der Waals surface area contributed by atoms with Gasteiger partial charge < -0.3 is 9.16 Å². The Kier molecular flexibility index (Phi) is 9.14. The van der Waals surface area contributed by atoms with Crippen molar-refractivity contribution in [3.63, 3.8) is 0 Å². The third-order valence-electron chi connectivity index (χ3n) is 4.31. The molecule has 0 spiro atoms. The molecule has 4 heteroatoms. The highest BCUT2D eigenvalue weighted by atomic mass is 28.4. The average molecular weight is 315 g/mol. The van der Waals surface area contributed by atoms with Crippen LogP contribution in [0.2, 0.25) is 18.1 Å². The maximum Gasteiger partial charge on any atom is 0.306 e. The molecule has 3 nitrogen and oxygen atoms in total. The first-order valence-electron chi connectivity index (χ1n) is 8.06. The summed E-state index contributed by atoms with van der Waals surface area (Å²) in [6.07, 6.45) is 5.39. The molecule has 0 aromatic heterocycles. The maximum atomic E-state index is 11.5. The van der Waals surface area contributed by atoms with E-state index in [1.807, 2.05) is 13.0 Å². The van der Waals surface area contributed by atoms with Crippen LogP contribution in [-0.4, -0.2) is 27.5 Å². The van der Waals surface area contributed by atoms with Crippen molar-refractivity contribution >= 4 is 14.3 Å². The van der Waals surface area contributed by atoms with Gasteiger partial charge in [0.25, 0.3) is 0 Å². The lowest BCUT2D eigenvalue weighted by Gasteiger charge is -2.36. The van der Waals surface area contributed by atoms with E-state index in [4.69, 9.17) is 9.16 Å².